The van der Waals surface area contributed by atoms with Crippen molar-refractivity contribution in [3.8, 4) is 0 Å². The Morgan fingerprint density at radius 1 is 0.902 bits per heavy atom. The molecule has 0 aliphatic carbocycles. The topological polar surface area (TPSA) is 59.0 Å². The molecule has 1 N–H and O–H groups in total. The van der Waals surface area contributed by atoms with Gasteiger partial charge in [-0.3, -0.25) is 4.90 Å². The average molecular weight is 574 g/mol. The number of carbonyl (C=O) groups excluding carboxylic acids is 1. The van der Waals surface area contributed by atoms with Gasteiger partial charge in [0.2, 0.25) is 0 Å². The van der Waals surface area contributed by atoms with Gasteiger partial charge in [0.05, 0.1) is 25.3 Å². The molecule has 220 valence electrons. The molecule has 4 rings (SSSR count). The van der Waals surface area contributed by atoms with Crippen LogP contribution in [-0.4, -0.2) is 49.7 Å². The fourth-order valence-corrected chi connectivity index (χ4v) is 11.1. The van der Waals surface area contributed by atoms with E-state index in [1.807, 2.05) is 47.4 Å². The number of ether oxygens (including phenoxy) is 1. The third-order valence-electron chi connectivity index (χ3n) is 8.61. The number of likely N-dealkylation sites (tertiary alicyclic amines) is 1. The Labute approximate surface area is 247 Å². The summed E-state index contributed by atoms with van der Waals surface area (Å²) in [5.41, 5.74) is 0.945. The lowest BCUT2D eigenvalue weighted by atomic mass is 9.83. The van der Waals surface area contributed by atoms with E-state index >= 15 is 0 Å². The average Bonchev–Trinajstić information content (AvgIpc) is 3.00. The van der Waals surface area contributed by atoms with Gasteiger partial charge in [0, 0.05) is 0 Å². The quantitative estimate of drug-likeness (QED) is 0.265. The first-order valence-corrected chi connectivity index (χ1v) is 17.1. The molecule has 0 radical (unpaired) electrons. The van der Waals surface area contributed by atoms with Gasteiger partial charge < -0.3 is 14.3 Å². The zero-order chi connectivity index (χ0) is 29.3. The highest BCUT2D eigenvalue weighted by Crippen LogP contribution is 2.38. The van der Waals surface area contributed by atoms with Crippen LogP contribution in [0.5, 0.6) is 0 Å². The van der Waals surface area contributed by atoms with Crippen molar-refractivity contribution in [2.45, 2.75) is 83.5 Å². The molecule has 3 aromatic rings. The number of rotatable bonds is 11. The fourth-order valence-electron chi connectivity index (χ4n) is 6.50. The summed E-state index contributed by atoms with van der Waals surface area (Å²) in [7, 11) is -2.78. The number of piperidine rings is 1. The van der Waals surface area contributed by atoms with Crippen molar-refractivity contribution in [2.24, 2.45) is 5.92 Å². The standard InChI is InChI=1S/C35H47NO4Si/c1-5-6-18-29-23-24-30(36(33(29)25-37)34(38)39-26-28-16-10-7-11-17-28)27-40-41(35(2,3)4,31-19-12-8-13-20-31)32-21-14-9-15-22-32/h7-17,19-22,29-30,33,37H,5-6,18,23-27H2,1-4H3/t29-,30+,33+/m1/s1. The number of nitrogens with zero attached hydrogens (tertiary/aromatic N) is 1. The Hall–Kier alpha value is -2.93. The third kappa shape index (κ3) is 7.11. The molecule has 1 heterocycles. The van der Waals surface area contributed by atoms with Gasteiger partial charge in [0.25, 0.3) is 8.32 Å². The minimum absolute atomic E-state index is 0.0788. The molecule has 0 spiro atoms. The number of carbonyl (C=O) groups is 1. The van der Waals surface area contributed by atoms with Crippen molar-refractivity contribution >= 4 is 24.8 Å². The number of benzene rings is 3. The maximum absolute atomic E-state index is 13.8. The van der Waals surface area contributed by atoms with Crippen LogP contribution in [0.25, 0.3) is 0 Å². The summed E-state index contributed by atoms with van der Waals surface area (Å²) in [6.07, 6.45) is 4.58. The highest BCUT2D eigenvalue weighted by atomic mass is 28.4. The van der Waals surface area contributed by atoms with Gasteiger partial charge in [-0.05, 0) is 46.2 Å². The van der Waals surface area contributed by atoms with Crippen molar-refractivity contribution in [3.63, 3.8) is 0 Å². The van der Waals surface area contributed by atoms with E-state index in [9.17, 15) is 9.90 Å². The number of amides is 1. The molecule has 0 unspecified atom stereocenters. The first kappa shape index (κ1) is 31.0. The van der Waals surface area contributed by atoms with Crippen LogP contribution >= 0.6 is 0 Å². The zero-order valence-corrected chi connectivity index (χ0v) is 26.2. The second-order valence-electron chi connectivity index (χ2n) is 12.3. The lowest BCUT2D eigenvalue weighted by molar-refractivity contribution is -0.0174. The van der Waals surface area contributed by atoms with E-state index in [2.05, 4.69) is 76.2 Å². The van der Waals surface area contributed by atoms with Gasteiger partial charge in [-0.25, -0.2) is 4.79 Å². The SMILES string of the molecule is CCCC[C@@H]1CC[C@@H](CO[Si](c2ccccc2)(c2ccccc2)C(C)(C)C)N(C(=O)OCc2ccccc2)[C@H]1CO. The molecule has 0 saturated carbocycles. The van der Waals surface area contributed by atoms with Crippen LogP contribution in [0.15, 0.2) is 91.0 Å². The highest BCUT2D eigenvalue weighted by molar-refractivity contribution is 6.99. The van der Waals surface area contributed by atoms with Crippen LogP contribution in [0.1, 0.15) is 65.4 Å². The largest absolute Gasteiger partial charge is 0.445 e. The fraction of sp³-hybridized carbons (Fsp3) is 0.457. The number of aliphatic hydroxyl groups excluding tert-OH is 1. The lowest BCUT2D eigenvalue weighted by Gasteiger charge is -2.48. The monoisotopic (exact) mass is 573 g/mol. The smallest absolute Gasteiger partial charge is 0.410 e. The van der Waals surface area contributed by atoms with E-state index in [-0.39, 0.29) is 42.3 Å². The summed E-state index contributed by atoms with van der Waals surface area (Å²) < 4.78 is 13.1. The number of hydrogen-bond acceptors (Lipinski definition) is 4. The van der Waals surface area contributed by atoms with Gasteiger partial charge in [-0.2, -0.15) is 0 Å². The summed E-state index contributed by atoms with van der Waals surface area (Å²) in [4.78, 5) is 15.6. The third-order valence-corrected chi connectivity index (χ3v) is 13.6. The molecule has 0 bridgehead atoms. The van der Waals surface area contributed by atoms with E-state index in [1.54, 1.807) is 0 Å². The van der Waals surface area contributed by atoms with E-state index in [1.165, 1.54) is 10.4 Å². The molecular weight excluding hydrogens is 526 g/mol. The first-order chi connectivity index (χ1) is 19.8. The highest BCUT2D eigenvalue weighted by Gasteiger charge is 2.51. The van der Waals surface area contributed by atoms with Gasteiger partial charge in [0.1, 0.15) is 6.61 Å². The van der Waals surface area contributed by atoms with Crippen LogP contribution in [0.4, 0.5) is 4.79 Å². The van der Waals surface area contributed by atoms with Crippen molar-refractivity contribution in [2.75, 3.05) is 13.2 Å². The molecule has 1 amide bonds. The Balaban J connectivity index is 1.66. The second kappa shape index (κ2) is 14.3. The first-order valence-electron chi connectivity index (χ1n) is 15.2. The Kier molecular flexibility index (Phi) is 10.8. The van der Waals surface area contributed by atoms with Gasteiger partial charge in [-0.15, -0.1) is 0 Å². The zero-order valence-electron chi connectivity index (χ0n) is 25.2. The van der Waals surface area contributed by atoms with Crippen LogP contribution in [0.3, 0.4) is 0 Å². The summed E-state index contributed by atoms with van der Waals surface area (Å²) in [6.45, 7) is 9.50. The summed E-state index contributed by atoms with van der Waals surface area (Å²) in [6, 6.07) is 30.5. The van der Waals surface area contributed by atoms with Crippen molar-refractivity contribution in [3.05, 3.63) is 96.6 Å². The summed E-state index contributed by atoms with van der Waals surface area (Å²) >= 11 is 0. The van der Waals surface area contributed by atoms with E-state index in [0.29, 0.717) is 6.61 Å². The molecule has 3 atom stereocenters. The molecular formula is C35H47NO4Si. The summed E-state index contributed by atoms with van der Waals surface area (Å²) in [5, 5.41) is 12.9. The van der Waals surface area contributed by atoms with E-state index < -0.39 is 8.32 Å². The molecule has 1 aliphatic heterocycles. The maximum atomic E-state index is 13.8. The summed E-state index contributed by atoms with van der Waals surface area (Å²) in [5.74, 6) is 0.244. The predicted octanol–water partition coefficient (Wildman–Crippen LogP) is 6.53. The Morgan fingerprint density at radius 2 is 1.46 bits per heavy atom. The lowest BCUT2D eigenvalue weighted by Crippen LogP contribution is -2.68. The van der Waals surface area contributed by atoms with Gasteiger partial charge in [-0.1, -0.05) is 132 Å². The minimum Gasteiger partial charge on any atom is -0.445 e. The Bertz CT molecular complexity index is 1160. The number of hydrogen-bond donors (Lipinski definition) is 1. The normalized spacial score (nSPS) is 19.6. The van der Waals surface area contributed by atoms with Crippen molar-refractivity contribution < 1.29 is 19.1 Å². The molecule has 6 heteroatoms. The van der Waals surface area contributed by atoms with Crippen molar-refractivity contribution in [1.82, 2.24) is 4.90 Å². The molecule has 1 saturated heterocycles. The molecule has 3 aromatic carbocycles. The number of unbranched alkanes of at least 4 members (excludes halogenated alkanes) is 1. The molecule has 1 aliphatic rings. The van der Waals surface area contributed by atoms with Crippen LogP contribution in [-0.2, 0) is 15.8 Å². The maximum Gasteiger partial charge on any atom is 0.410 e. The predicted molar refractivity (Wildman–Crippen MR) is 169 cm³/mol. The molecule has 0 aromatic heterocycles. The van der Waals surface area contributed by atoms with Crippen molar-refractivity contribution in [1.29, 1.82) is 0 Å². The molecule has 1 fully saturated rings. The van der Waals surface area contributed by atoms with Crippen LogP contribution in [0.2, 0.25) is 5.04 Å². The Morgan fingerprint density at radius 3 is 1.98 bits per heavy atom. The minimum atomic E-state index is -2.78. The van der Waals surface area contributed by atoms with Crippen LogP contribution < -0.4 is 10.4 Å². The second-order valence-corrected chi connectivity index (χ2v) is 16.6. The molecule has 5 nitrogen and oxygen atoms in total. The molecule has 41 heavy (non-hydrogen) atoms. The van der Waals surface area contributed by atoms with Gasteiger partial charge in [0.15, 0.2) is 0 Å². The number of aliphatic hydroxyl groups is 1. The van der Waals surface area contributed by atoms with E-state index in [4.69, 9.17) is 9.16 Å². The van der Waals surface area contributed by atoms with Gasteiger partial charge >= 0.3 is 6.09 Å². The van der Waals surface area contributed by atoms with E-state index in [0.717, 1.165) is 37.7 Å². The van der Waals surface area contributed by atoms with Crippen LogP contribution in [0, 0.1) is 5.92 Å².